The number of nitrogens with zero attached hydrogens (tertiary/aromatic N) is 5. The van der Waals surface area contributed by atoms with E-state index in [-0.39, 0.29) is 31.0 Å². The number of aliphatic hydroxyl groups is 1. The zero-order valence-electron chi connectivity index (χ0n) is 16.9. The molecule has 2 N–H and O–H groups in total. The van der Waals surface area contributed by atoms with Crippen LogP contribution in [0.3, 0.4) is 0 Å². The molecule has 2 aliphatic heterocycles. The van der Waals surface area contributed by atoms with E-state index in [1.54, 1.807) is 11.1 Å². The van der Waals surface area contributed by atoms with Crippen molar-refractivity contribution < 1.29 is 14.7 Å². The van der Waals surface area contributed by atoms with Crippen molar-refractivity contribution in [2.45, 2.75) is 39.2 Å². The number of urea groups is 1. The van der Waals surface area contributed by atoms with Crippen molar-refractivity contribution >= 4 is 23.7 Å². The molecule has 2 saturated heterocycles. The van der Waals surface area contributed by atoms with Gasteiger partial charge in [-0.05, 0) is 31.7 Å². The van der Waals surface area contributed by atoms with Crippen molar-refractivity contribution in [1.82, 2.24) is 19.8 Å². The maximum absolute atomic E-state index is 13.1. The third kappa shape index (κ3) is 3.63. The second-order valence-electron chi connectivity index (χ2n) is 7.76. The summed E-state index contributed by atoms with van der Waals surface area (Å²) >= 11 is 0. The first kappa shape index (κ1) is 20.3. The first-order valence-electron chi connectivity index (χ1n) is 9.99. The number of anilines is 2. The van der Waals surface area contributed by atoms with Crippen LogP contribution in [0.5, 0.6) is 0 Å². The normalized spacial score (nSPS) is 19.2. The average Bonchev–Trinajstić information content (AvgIpc) is 2.86. The van der Waals surface area contributed by atoms with Gasteiger partial charge in [-0.1, -0.05) is 13.8 Å². The fraction of sp³-hybridized carbons (Fsp3) is 0.684. The molecule has 1 aromatic heterocycles. The summed E-state index contributed by atoms with van der Waals surface area (Å²) in [6, 6.07) is 1.54. The molecule has 1 aromatic rings. The van der Waals surface area contributed by atoms with E-state index in [0.29, 0.717) is 38.4 Å². The molecular formula is C19H30N6O3. The first-order chi connectivity index (χ1) is 13.4. The van der Waals surface area contributed by atoms with Crippen LogP contribution in [0, 0.1) is 5.92 Å². The molecule has 0 unspecified atom stereocenters. The number of carbonyl (C=O) groups is 2. The molecule has 154 valence electrons. The van der Waals surface area contributed by atoms with Crippen molar-refractivity contribution in [2.75, 3.05) is 49.5 Å². The fourth-order valence-corrected chi connectivity index (χ4v) is 4.04. The lowest BCUT2D eigenvalue weighted by atomic mass is 9.85. The van der Waals surface area contributed by atoms with Crippen LogP contribution in [0.4, 0.5) is 16.6 Å². The van der Waals surface area contributed by atoms with E-state index in [4.69, 9.17) is 0 Å². The molecule has 3 rings (SSSR count). The topological polar surface area (TPSA) is 102 Å². The van der Waals surface area contributed by atoms with Gasteiger partial charge < -0.3 is 20.2 Å². The molecular weight excluding hydrogens is 360 g/mol. The molecule has 28 heavy (non-hydrogen) atoms. The SMILES string of the molecule is CCNc1ccnc(N2CCC3(CC2)C(=O)N(CCO)C(=O)N3CC(C)C)n1. The maximum atomic E-state index is 13.1. The third-order valence-corrected chi connectivity index (χ3v) is 5.37. The Kier molecular flexibility index (Phi) is 6.02. The highest BCUT2D eigenvalue weighted by molar-refractivity contribution is 6.07. The summed E-state index contributed by atoms with van der Waals surface area (Å²) in [6.45, 7) is 8.40. The van der Waals surface area contributed by atoms with Crippen molar-refractivity contribution in [2.24, 2.45) is 5.92 Å². The molecule has 2 fully saturated rings. The Bertz CT molecular complexity index is 717. The van der Waals surface area contributed by atoms with E-state index in [9.17, 15) is 14.7 Å². The van der Waals surface area contributed by atoms with E-state index in [0.717, 1.165) is 12.4 Å². The minimum atomic E-state index is -0.827. The summed E-state index contributed by atoms with van der Waals surface area (Å²) in [4.78, 5) is 39.9. The van der Waals surface area contributed by atoms with Crippen molar-refractivity contribution in [3.63, 3.8) is 0 Å². The van der Waals surface area contributed by atoms with Gasteiger partial charge in [-0.3, -0.25) is 9.69 Å². The molecule has 0 bridgehead atoms. The first-order valence-corrected chi connectivity index (χ1v) is 9.99. The van der Waals surface area contributed by atoms with Gasteiger partial charge in [-0.15, -0.1) is 0 Å². The van der Waals surface area contributed by atoms with Crippen LogP contribution in [-0.4, -0.2) is 81.7 Å². The van der Waals surface area contributed by atoms with Crippen LogP contribution < -0.4 is 10.2 Å². The predicted octanol–water partition coefficient (Wildman–Crippen LogP) is 1.16. The van der Waals surface area contributed by atoms with E-state index in [1.807, 2.05) is 26.8 Å². The smallest absolute Gasteiger partial charge is 0.327 e. The summed E-state index contributed by atoms with van der Waals surface area (Å²) in [5.41, 5.74) is -0.827. The van der Waals surface area contributed by atoms with E-state index >= 15 is 0 Å². The molecule has 0 aromatic carbocycles. The quantitative estimate of drug-likeness (QED) is 0.674. The molecule has 0 saturated carbocycles. The van der Waals surface area contributed by atoms with Crippen molar-refractivity contribution in [3.8, 4) is 0 Å². The number of carbonyl (C=O) groups excluding carboxylic acids is 2. The van der Waals surface area contributed by atoms with Gasteiger partial charge in [-0.25, -0.2) is 9.78 Å². The number of aromatic nitrogens is 2. The number of piperidine rings is 1. The number of hydrogen-bond donors (Lipinski definition) is 2. The molecule has 3 heterocycles. The zero-order valence-corrected chi connectivity index (χ0v) is 16.9. The number of amides is 3. The molecule has 2 aliphatic rings. The summed E-state index contributed by atoms with van der Waals surface area (Å²) in [6.07, 6.45) is 2.78. The highest BCUT2D eigenvalue weighted by atomic mass is 16.3. The Morgan fingerprint density at radius 2 is 2.00 bits per heavy atom. The minimum absolute atomic E-state index is 0.0472. The van der Waals surface area contributed by atoms with Crippen LogP contribution in [0.2, 0.25) is 0 Å². The summed E-state index contributed by atoms with van der Waals surface area (Å²) in [5, 5.41) is 12.5. The van der Waals surface area contributed by atoms with Crippen LogP contribution in [0.25, 0.3) is 0 Å². The van der Waals surface area contributed by atoms with Gasteiger partial charge in [0.05, 0.1) is 13.2 Å². The number of β-amino-alcohol motifs (C(OH)–C–C–N with tert-alkyl or cyclic N) is 1. The van der Waals surface area contributed by atoms with Gasteiger partial charge in [0.15, 0.2) is 0 Å². The Hall–Kier alpha value is -2.42. The van der Waals surface area contributed by atoms with Crippen LogP contribution in [0.1, 0.15) is 33.6 Å². The van der Waals surface area contributed by atoms with Crippen molar-refractivity contribution in [1.29, 1.82) is 0 Å². The summed E-state index contributed by atoms with van der Waals surface area (Å²) in [5.74, 6) is 1.47. The Labute approximate surface area is 165 Å². The summed E-state index contributed by atoms with van der Waals surface area (Å²) in [7, 11) is 0. The maximum Gasteiger partial charge on any atom is 0.327 e. The van der Waals surface area contributed by atoms with Gasteiger partial charge in [0.1, 0.15) is 11.4 Å². The minimum Gasteiger partial charge on any atom is -0.395 e. The molecule has 1 spiro atoms. The molecule has 0 atom stereocenters. The van der Waals surface area contributed by atoms with Gasteiger partial charge >= 0.3 is 6.03 Å². The molecule has 0 aliphatic carbocycles. The highest BCUT2D eigenvalue weighted by Gasteiger charge is 2.57. The fourth-order valence-electron chi connectivity index (χ4n) is 4.04. The lowest BCUT2D eigenvalue weighted by molar-refractivity contribution is -0.134. The van der Waals surface area contributed by atoms with Crippen LogP contribution >= 0.6 is 0 Å². The second kappa shape index (κ2) is 8.30. The van der Waals surface area contributed by atoms with E-state index in [1.165, 1.54) is 4.90 Å². The Morgan fingerprint density at radius 3 is 2.61 bits per heavy atom. The standard InChI is InChI=1S/C19H30N6O3/c1-4-20-15-5-8-21-17(22-15)23-9-6-19(7-10-23)16(27)24(11-12-26)18(28)25(19)13-14(2)3/h5,8,14,26H,4,6-7,9-13H2,1-3H3,(H,20,21,22). The van der Waals surface area contributed by atoms with Gasteiger partial charge in [0, 0.05) is 32.4 Å². The van der Waals surface area contributed by atoms with Gasteiger partial charge in [0.25, 0.3) is 5.91 Å². The van der Waals surface area contributed by atoms with E-state index < -0.39 is 5.54 Å². The predicted molar refractivity (Wildman–Crippen MR) is 106 cm³/mol. The zero-order chi connectivity index (χ0) is 20.3. The monoisotopic (exact) mass is 390 g/mol. The summed E-state index contributed by atoms with van der Waals surface area (Å²) < 4.78 is 0. The Balaban J connectivity index is 1.80. The lowest BCUT2D eigenvalue weighted by Gasteiger charge is -2.42. The molecule has 9 nitrogen and oxygen atoms in total. The lowest BCUT2D eigenvalue weighted by Crippen LogP contribution is -2.57. The van der Waals surface area contributed by atoms with Crippen molar-refractivity contribution in [3.05, 3.63) is 12.3 Å². The van der Waals surface area contributed by atoms with Gasteiger partial charge in [-0.2, -0.15) is 4.98 Å². The van der Waals surface area contributed by atoms with Gasteiger partial charge in [0.2, 0.25) is 5.95 Å². The van der Waals surface area contributed by atoms with Crippen LogP contribution in [-0.2, 0) is 4.79 Å². The van der Waals surface area contributed by atoms with E-state index in [2.05, 4.69) is 20.2 Å². The molecule has 0 radical (unpaired) electrons. The number of hydrogen-bond acceptors (Lipinski definition) is 7. The number of imide groups is 1. The Morgan fingerprint density at radius 1 is 1.29 bits per heavy atom. The number of nitrogens with one attached hydrogen (secondary N) is 1. The highest BCUT2D eigenvalue weighted by Crippen LogP contribution is 2.38. The number of rotatable bonds is 7. The second-order valence-corrected chi connectivity index (χ2v) is 7.76. The number of aliphatic hydroxyl groups excluding tert-OH is 1. The third-order valence-electron chi connectivity index (χ3n) is 5.37. The molecule has 3 amide bonds. The average molecular weight is 390 g/mol. The molecule has 9 heteroatoms. The van der Waals surface area contributed by atoms with Crippen LogP contribution in [0.15, 0.2) is 12.3 Å². The largest absolute Gasteiger partial charge is 0.395 e.